The first kappa shape index (κ1) is 28.8. The van der Waals surface area contributed by atoms with E-state index in [1.165, 1.54) is 89.9 Å². The largest absolute Gasteiger partial charge is 0.327 e. The van der Waals surface area contributed by atoms with Gasteiger partial charge in [0.05, 0.1) is 0 Å². The molecular weight excluding hydrogens is 356 g/mol. The summed E-state index contributed by atoms with van der Waals surface area (Å²) in [6.45, 7) is 12.9. The number of nitrogens with two attached hydrogens (primary N) is 1. The van der Waals surface area contributed by atoms with Crippen LogP contribution in [0.3, 0.4) is 0 Å². The van der Waals surface area contributed by atoms with E-state index in [4.69, 9.17) is 5.73 Å². The van der Waals surface area contributed by atoms with Gasteiger partial charge in [0.1, 0.15) is 0 Å². The van der Waals surface area contributed by atoms with Gasteiger partial charge < -0.3 is 21.7 Å². The summed E-state index contributed by atoms with van der Waals surface area (Å²) in [5.74, 6) is 0. The van der Waals surface area contributed by atoms with Gasteiger partial charge in [0, 0.05) is 37.8 Å². The molecule has 0 aliphatic heterocycles. The van der Waals surface area contributed by atoms with Gasteiger partial charge in [0.15, 0.2) is 0 Å². The van der Waals surface area contributed by atoms with E-state index in [-0.39, 0.29) is 6.04 Å². The second-order valence-electron chi connectivity index (χ2n) is 9.40. The zero-order valence-electron chi connectivity index (χ0n) is 20.5. The van der Waals surface area contributed by atoms with Crippen molar-refractivity contribution >= 4 is 0 Å². The Bertz CT molecular complexity index is 309. The van der Waals surface area contributed by atoms with Crippen LogP contribution in [0.25, 0.3) is 0 Å². The lowest BCUT2D eigenvalue weighted by atomic mass is 10.0. The van der Waals surface area contributed by atoms with E-state index in [1.807, 2.05) is 6.92 Å². The van der Waals surface area contributed by atoms with E-state index in [2.05, 4.69) is 36.7 Å². The summed E-state index contributed by atoms with van der Waals surface area (Å²) >= 11 is 0. The molecule has 0 saturated carbocycles. The molecule has 0 aliphatic carbocycles. The Hall–Kier alpha value is -0.160. The van der Waals surface area contributed by atoms with Gasteiger partial charge in [-0.15, -0.1) is 0 Å². The first-order valence-electron chi connectivity index (χ1n) is 13.0. The van der Waals surface area contributed by atoms with Crippen LogP contribution >= 0.6 is 0 Å². The minimum Gasteiger partial charge on any atom is -0.327 e. The van der Waals surface area contributed by atoms with E-state index < -0.39 is 0 Å². The van der Waals surface area contributed by atoms with Gasteiger partial charge >= 0.3 is 0 Å². The van der Waals surface area contributed by atoms with Crippen LogP contribution in [0.15, 0.2) is 0 Å². The Morgan fingerprint density at radius 2 is 0.966 bits per heavy atom. The molecule has 0 fully saturated rings. The molecule has 5 N–H and O–H groups in total. The Morgan fingerprint density at radius 1 is 0.552 bits per heavy atom. The molecule has 0 bridgehead atoms. The smallest absolute Gasteiger partial charge is 0.0164 e. The summed E-state index contributed by atoms with van der Waals surface area (Å²) < 4.78 is 0. The molecule has 176 valence electrons. The molecule has 0 rings (SSSR count). The average Bonchev–Trinajstić information content (AvgIpc) is 2.70. The van der Waals surface area contributed by atoms with Crippen molar-refractivity contribution in [3.8, 4) is 0 Å². The van der Waals surface area contributed by atoms with Crippen molar-refractivity contribution in [2.45, 2.75) is 136 Å². The second-order valence-corrected chi connectivity index (χ2v) is 9.40. The summed E-state index contributed by atoms with van der Waals surface area (Å²) in [7, 11) is 0. The molecule has 0 aromatic carbocycles. The Labute approximate surface area is 183 Å². The first-order chi connectivity index (χ1) is 14.1. The monoisotopic (exact) mass is 412 g/mol. The minimum atomic E-state index is 0.224. The van der Waals surface area contributed by atoms with Crippen LogP contribution in [0.5, 0.6) is 0 Å². The van der Waals surface area contributed by atoms with Crippen molar-refractivity contribution in [1.82, 2.24) is 16.0 Å². The SMILES string of the molecule is CCCCCCCCCCCCCCCCNCC(C)NCC(C)NCC(C)N. The van der Waals surface area contributed by atoms with Crippen LogP contribution in [0.2, 0.25) is 0 Å². The van der Waals surface area contributed by atoms with Crippen molar-refractivity contribution in [2.24, 2.45) is 5.73 Å². The number of hydrogen-bond acceptors (Lipinski definition) is 4. The van der Waals surface area contributed by atoms with Crippen molar-refractivity contribution in [1.29, 1.82) is 0 Å². The zero-order valence-corrected chi connectivity index (χ0v) is 20.5. The fraction of sp³-hybridized carbons (Fsp3) is 1.00. The lowest BCUT2D eigenvalue weighted by Gasteiger charge is -2.20. The summed E-state index contributed by atoms with van der Waals surface area (Å²) in [4.78, 5) is 0. The van der Waals surface area contributed by atoms with E-state index in [1.54, 1.807) is 0 Å². The third-order valence-electron chi connectivity index (χ3n) is 5.72. The van der Waals surface area contributed by atoms with Crippen LogP contribution in [0, 0.1) is 0 Å². The maximum Gasteiger partial charge on any atom is 0.0164 e. The van der Waals surface area contributed by atoms with Crippen LogP contribution in [0.1, 0.15) is 118 Å². The number of hydrogen-bond donors (Lipinski definition) is 4. The van der Waals surface area contributed by atoms with E-state index >= 15 is 0 Å². The predicted molar refractivity (Wildman–Crippen MR) is 132 cm³/mol. The highest BCUT2D eigenvalue weighted by Gasteiger charge is 2.05. The fourth-order valence-electron chi connectivity index (χ4n) is 3.67. The van der Waals surface area contributed by atoms with Crippen molar-refractivity contribution in [3.05, 3.63) is 0 Å². The van der Waals surface area contributed by atoms with Crippen molar-refractivity contribution in [2.75, 3.05) is 26.2 Å². The second kappa shape index (κ2) is 22.5. The van der Waals surface area contributed by atoms with Crippen LogP contribution < -0.4 is 21.7 Å². The minimum absolute atomic E-state index is 0.224. The fourth-order valence-corrected chi connectivity index (χ4v) is 3.67. The summed E-state index contributed by atoms with van der Waals surface area (Å²) in [5.41, 5.74) is 5.78. The highest BCUT2D eigenvalue weighted by molar-refractivity contribution is 4.71. The quantitative estimate of drug-likeness (QED) is 0.171. The molecule has 3 atom stereocenters. The number of nitrogens with one attached hydrogen (secondary N) is 3. The van der Waals surface area contributed by atoms with Gasteiger partial charge in [-0.25, -0.2) is 0 Å². The van der Waals surface area contributed by atoms with Gasteiger partial charge in [0.25, 0.3) is 0 Å². The Balaban J connectivity index is 3.21. The third kappa shape index (κ3) is 24.0. The zero-order chi connectivity index (χ0) is 21.6. The van der Waals surface area contributed by atoms with Crippen LogP contribution in [-0.2, 0) is 0 Å². The van der Waals surface area contributed by atoms with E-state index in [0.717, 1.165) is 26.2 Å². The Morgan fingerprint density at radius 3 is 1.45 bits per heavy atom. The number of unbranched alkanes of at least 4 members (excludes halogenated alkanes) is 13. The normalized spacial score (nSPS) is 14.8. The lowest BCUT2D eigenvalue weighted by molar-refractivity contribution is 0.435. The lowest BCUT2D eigenvalue weighted by Crippen LogP contribution is -2.45. The molecule has 0 saturated heterocycles. The molecule has 4 heteroatoms. The van der Waals surface area contributed by atoms with Gasteiger partial charge in [0.2, 0.25) is 0 Å². The third-order valence-corrected chi connectivity index (χ3v) is 5.72. The molecular formula is C25H56N4. The van der Waals surface area contributed by atoms with Gasteiger partial charge in [-0.2, -0.15) is 0 Å². The molecule has 3 unspecified atom stereocenters. The summed E-state index contributed by atoms with van der Waals surface area (Å²) in [6.07, 6.45) is 20.0. The molecule has 29 heavy (non-hydrogen) atoms. The van der Waals surface area contributed by atoms with Crippen LogP contribution in [-0.4, -0.2) is 44.3 Å². The molecule has 0 amide bonds. The maximum absolute atomic E-state index is 5.78. The Kier molecular flexibility index (Phi) is 22.4. The highest BCUT2D eigenvalue weighted by Crippen LogP contribution is 2.12. The first-order valence-corrected chi connectivity index (χ1v) is 13.0. The van der Waals surface area contributed by atoms with Gasteiger partial charge in [-0.05, 0) is 33.7 Å². The van der Waals surface area contributed by atoms with Crippen molar-refractivity contribution in [3.63, 3.8) is 0 Å². The average molecular weight is 413 g/mol. The maximum atomic E-state index is 5.78. The van der Waals surface area contributed by atoms with Gasteiger partial charge in [-0.3, -0.25) is 0 Å². The van der Waals surface area contributed by atoms with Gasteiger partial charge in [-0.1, -0.05) is 90.4 Å². The summed E-state index contributed by atoms with van der Waals surface area (Å²) in [6, 6.07) is 1.21. The molecule has 0 aromatic heterocycles. The van der Waals surface area contributed by atoms with Crippen molar-refractivity contribution < 1.29 is 0 Å². The molecule has 0 radical (unpaired) electrons. The molecule has 0 aliphatic rings. The van der Waals surface area contributed by atoms with Crippen LogP contribution in [0.4, 0.5) is 0 Å². The molecule has 4 nitrogen and oxygen atoms in total. The predicted octanol–water partition coefficient (Wildman–Crippen LogP) is 5.36. The topological polar surface area (TPSA) is 62.1 Å². The molecule has 0 aromatic rings. The molecule has 0 heterocycles. The highest BCUT2D eigenvalue weighted by atomic mass is 15.0. The number of rotatable bonds is 23. The van der Waals surface area contributed by atoms with E-state index in [9.17, 15) is 0 Å². The standard InChI is InChI=1S/C25H56N4/c1-5-6-7-8-9-10-11-12-13-14-15-16-17-18-19-27-21-24(3)29-22-25(4)28-20-23(2)26/h23-25,27-29H,5-22,26H2,1-4H3. The summed E-state index contributed by atoms with van der Waals surface area (Å²) in [5, 5.41) is 10.6. The molecule has 0 spiro atoms. The van der Waals surface area contributed by atoms with E-state index in [0.29, 0.717) is 12.1 Å².